The first-order valence-electron chi connectivity index (χ1n) is 6.42. The fraction of sp³-hybridized carbons (Fsp3) is 0.600. The molecule has 0 N–H and O–H groups in total. The lowest BCUT2D eigenvalue weighted by Gasteiger charge is -1.93. The third kappa shape index (κ3) is 10.2. The Morgan fingerprint density at radius 3 is 1.56 bits per heavy atom. The smallest absolute Gasteiger partial charge is 0.0175 e. The van der Waals surface area contributed by atoms with Gasteiger partial charge in [0, 0.05) is 4.47 Å². The van der Waals surface area contributed by atoms with Gasteiger partial charge in [0.1, 0.15) is 0 Å². The van der Waals surface area contributed by atoms with Crippen molar-refractivity contribution in [1.82, 2.24) is 0 Å². The molecule has 0 nitrogen and oxygen atoms in total. The molecule has 0 aliphatic heterocycles. The van der Waals surface area contributed by atoms with Crippen LogP contribution in [0.1, 0.15) is 57.9 Å². The maximum absolute atomic E-state index is 3.35. The van der Waals surface area contributed by atoms with E-state index in [2.05, 4.69) is 48.8 Å². The summed E-state index contributed by atoms with van der Waals surface area (Å²) in [5.41, 5.74) is 1.30. The van der Waals surface area contributed by atoms with Crippen LogP contribution in [0.3, 0.4) is 0 Å². The highest BCUT2D eigenvalue weighted by atomic mass is 79.9. The molecule has 0 saturated carbocycles. The van der Waals surface area contributed by atoms with Crippen LogP contribution in [0, 0.1) is 6.92 Å². The second-order valence-corrected chi connectivity index (χ2v) is 5.13. The first kappa shape index (κ1) is 15.7. The molecule has 0 saturated heterocycles. The van der Waals surface area contributed by atoms with Crippen LogP contribution in [0.2, 0.25) is 0 Å². The second kappa shape index (κ2) is 11.2. The second-order valence-electron chi connectivity index (χ2n) is 4.21. The van der Waals surface area contributed by atoms with E-state index < -0.39 is 0 Å². The van der Waals surface area contributed by atoms with Crippen molar-refractivity contribution in [1.29, 1.82) is 0 Å². The van der Waals surface area contributed by atoms with Crippen molar-refractivity contribution in [2.75, 3.05) is 0 Å². The molecular weight excluding hydrogens is 260 g/mol. The quantitative estimate of drug-likeness (QED) is 0.571. The number of hydrogen-bond acceptors (Lipinski definition) is 0. The third-order valence-electron chi connectivity index (χ3n) is 2.47. The number of aryl methyl sites for hydroxylation is 1. The zero-order valence-corrected chi connectivity index (χ0v) is 12.5. The fourth-order valence-corrected chi connectivity index (χ4v) is 1.65. The Morgan fingerprint density at radius 2 is 1.25 bits per heavy atom. The van der Waals surface area contributed by atoms with Gasteiger partial charge in [0.2, 0.25) is 0 Å². The van der Waals surface area contributed by atoms with Gasteiger partial charge in [-0.2, -0.15) is 0 Å². The van der Waals surface area contributed by atoms with Gasteiger partial charge < -0.3 is 0 Å². The molecule has 0 fully saturated rings. The minimum absolute atomic E-state index is 1.14. The van der Waals surface area contributed by atoms with E-state index in [0.717, 1.165) is 4.47 Å². The first-order valence-corrected chi connectivity index (χ1v) is 7.22. The van der Waals surface area contributed by atoms with Crippen molar-refractivity contribution in [3.63, 3.8) is 0 Å². The summed E-state index contributed by atoms with van der Waals surface area (Å²) >= 11 is 3.35. The highest BCUT2D eigenvalue weighted by molar-refractivity contribution is 9.10. The minimum Gasteiger partial charge on any atom is -0.0654 e. The van der Waals surface area contributed by atoms with Gasteiger partial charge in [0.05, 0.1) is 0 Å². The molecule has 1 aromatic carbocycles. The molecule has 1 rings (SSSR count). The first-order chi connectivity index (χ1) is 7.70. The predicted octanol–water partition coefficient (Wildman–Crippen LogP) is 6.12. The lowest BCUT2D eigenvalue weighted by Crippen LogP contribution is -1.73. The van der Waals surface area contributed by atoms with Crippen molar-refractivity contribution in [2.45, 2.75) is 59.3 Å². The summed E-state index contributed by atoms with van der Waals surface area (Å²) in [6, 6.07) is 8.22. The van der Waals surface area contributed by atoms with E-state index in [1.807, 2.05) is 12.1 Å². The molecule has 0 amide bonds. The van der Waals surface area contributed by atoms with Crippen molar-refractivity contribution in [3.8, 4) is 0 Å². The van der Waals surface area contributed by atoms with E-state index in [1.165, 1.54) is 44.1 Å². The van der Waals surface area contributed by atoms with E-state index in [-0.39, 0.29) is 0 Å². The molecule has 0 aliphatic carbocycles. The van der Waals surface area contributed by atoms with Crippen LogP contribution in [0.15, 0.2) is 28.7 Å². The SMILES string of the molecule is CCCCCCCC.Cc1ccc(Br)cc1. The normalized spacial score (nSPS) is 9.50. The molecule has 0 aliphatic rings. The average molecular weight is 285 g/mol. The molecule has 0 unspecified atom stereocenters. The Labute approximate surface area is 110 Å². The molecule has 0 radical (unpaired) electrons. The molecule has 0 heterocycles. The Hall–Kier alpha value is -0.300. The van der Waals surface area contributed by atoms with Crippen LogP contribution >= 0.6 is 15.9 Å². The Kier molecular flexibility index (Phi) is 11.0. The summed E-state index contributed by atoms with van der Waals surface area (Å²) < 4.78 is 1.14. The molecule has 0 spiro atoms. The molecule has 0 atom stereocenters. The highest BCUT2D eigenvalue weighted by Gasteiger charge is 1.83. The topological polar surface area (TPSA) is 0 Å². The van der Waals surface area contributed by atoms with Crippen LogP contribution in [0.5, 0.6) is 0 Å². The summed E-state index contributed by atoms with van der Waals surface area (Å²) in [7, 11) is 0. The van der Waals surface area contributed by atoms with Crippen LogP contribution in [-0.2, 0) is 0 Å². The van der Waals surface area contributed by atoms with Gasteiger partial charge in [0.25, 0.3) is 0 Å². The van der Waals surface area contributed by atoms with Crippen molar-refractivity contribution in [2.24, 2.45) is 0 Å². The molecule has 0 aromatic heterocycles. The Bertz CT molecular complexity index is 211. The third-order valence-corrected chi connectivity index (χ3v) is 3.00. The predicted molar refractivity (Wildman–Crippen MR) is 77.9 cm³/mol. The van der Waals surface area contributed by atoms with Crippen LogP contribution in [0.25, 0.3) is 0 Å². The largest absolute Gasteiger partial charge is 0.0654 e. The Balaban J connectivity index is 0.000000281. The van der Waals surface area contributed by atoms with Crippen LogP contribution in [-0.4, -0.2) is 0 Å². The molecule has 1 aromatic rings. The molecular formula is C15H25Br. The van der Waals surface area contributed by atoms with Gasteiger partial charge in [0.15, 0.2) is 0 Å². The summed E-state index contributed by atoms with van der Waals surface area (Å²) in [6.07, 6.45) is 8.49. The molecule has 16 heavy (non-hydrogen) atoms. The number of hydrogen-bond donors (Lipinski definition) is 0. The zero-order valence-electron chi connectivity index (χ0n) is 10.9. The van der Waals surface area contributed by atoms with E-state index >= 15 is 0 Å². The number of halogens is 1. The standard InChI is InChI=1S/C8H18.C7H7Br/c1-3-5-7-8-6-4-2;1-6-2-4-7(8)5-3-6/h3-8H2,1-2H3;2-5H,1H3. The van der Waals surface area contributed by atoms with Crippen LogP contribution in [0.4, 0.5) is 0 Å². The zero-order chi connectivity index (χ0) is 12.2. The summed E-state index contributed by atoms with van der Waals surface area (Å²) in [4.78, 5) is 0. The van der Waals surface area contributed by atoms with Gasteiger partial charge >= 0.3 is 0 Å². The highest BCUT2D eigenvalue weighted by Crippen LogP contribution is 2.08. The monoisotopic (exact) mass is 284 g/mol. The number of benzene rings is 1. The lowest BCUT2D eigenvalue weighted by molar-refractivity contribution is 0.624. The van der Waals surface area contributed by atoms with E-state index in [4.69, 9.17) is 0 Å². The van der Waals surface area contributed by atoms with E-state index in [1.54, 1.807) is 0 Å². The summed E-state index contributed by atoms with van der Waals surface area (Å²) in [5, 5.41) is 0. The molecule has 1 heteroatoms. The van der Waals surface area contributed by atoms with Gasteiger partial charge in [-0.3, -0.25) is 0 Å². The summed E-state index contributed by atoms with van der Waals surface area (Å²) in [6.45, 7) is 6.59. The lowest BCUT2D eigenvalue weighted by atomic mass is 10.1. The van der Waals surface area contributed by atoms with Gasteiger partial charge in [-0.1, -0.05) is 86.0 Å². The maximum atomic E-state index is 3.35. The minimum atomic E-state index is 1.14. The summed E-state index contributed by atoms with van der Waals surface area (Å²) in [5.74, 6) is 0. The molecule has 0 bridgehead atoms. The fourth-order valence-electron chi connectivity index (χ4n) is 1.39. The number of unbranched alkanes of at least 4 members (excludes halogenated alkanes) is 5. The number of rotatable bonds is 5. The molecule has 92 valence electrons. The van der Waals surface area contributed by atoms with Crippen LogP contribution < -0.4 is 0 Å². The van der Waals surface area contributed by atoms with E-state index in [9.17, 15) is 0 Å². The maximum Gasteiger partial charge on any atom is 0.0175 e. The van der Waals surface area contributed by atoms with E-state index in [0.29, 0.717) is 0 Å². The van der Waals surface area contributed by atoms with Crippen molar-refractivity contribution >= 4 is 15.9 Å². The average Bonchev–Trinajstić information content (AvgIpc) is 2.30. The van der Waals surface area contributed by atoms with Crippen molar-refractivity contribution < 1.29 is 0 Å². The Morgan fingerprint density at radius 1 is 0.812 bits per heavy atom. The van der Waals surface area contributed by atoms with Gasteiger partial charge in [-0.25, -0.2) is 0 Å². The van der Waals surface area contributed by atoms with Gasteiger partial charge in [-0.15, -0.1) is 0 Å². The van der Waals surface area contributed by atoms with Crippen molar-refractivity contribution in [3.05, 3.63) is 34.3 Å². The van der Waals surface area contributed by atoms with Gasteiger partial charge in [-0.05, 0) is 19.1 Å².